The van der Waals surface area contributed by atoms with E-state index in [1.807, 2.05) is 31.2 Å². The molecule has 1 heterocycles. The summed E-state index contributed by atoms with van der Waals surface area (Å²) < 4.78 is 5.52. The molecule has 110 valence electrons. The van der Waals surface area contributed by atoms with Gasteiger partial charge in [0.2, 0.25) is 5.78 Å². The summed E-state index contributed by atoms with van der Waals surface area (Å²) in [6, 6.07) is 14.4. The van der Waals surface area contributed by atoms with Crippen LogP contribution in [0.2, 0.25) is 0 Å². The smallest absolute Gasteiger partial charge is 0.202 e. The molecule has 0 saturated heterocycles. The lowest BCUT2D eigenvalue weighted by Crippen LogP contribution is -2.12. The Morgan fingerprint density at radius 3 is 2.59 bits per heavy atom. The Bertz CT molecular complexity index is 831. The van der Waals surface area contributed by atoms with Crippen molar-refractivity contribution in [1.82, 2.24) is 4.98 Å². The molecule has 0 fully saturated rings. The molecular weight excluding hydrogens is 278 g/mol. The van der Waals surface area contributed by atoms with Gasteiger partial charge in [0.25, 0.3) is 0 Å². The normalized spacial score (nSPS) is 10.6. The monoisotopic (exact) mass is 293 g/mol. The number of benzene rings is 2. The molecular formula is C18H15NO3. The summed E-state index contributed by atoms with van der Waals surface area (Å²) >= 11 is 0. The van der Waals surface area contributed by atoms with Gasteiger partial charge >= 0.3 is 0 Å². The number of ketones is 1. The highest BCUT2D eigenvalue weighted by atomic mass is 16.5. The van der Waals surface area contributed by atoms with Crippen LogP contribution in [-0.2, 0) is 0 Å². The highest BCUT2D eigenvalue weighted by Crippen LogP contribution is 2.22. The van der Waals surface area contributed by atoms with Gasteiger partial charge in [-0.25, -0.2) is 0 Å². The van der Waals surface area contributed by atoms with E-state index < -0.39 is 0 Å². The van der Waals surface area contributed by atoms with Gasteiger partial charge in [-0.15, -0.1) is 0 Å². The van der Waals surface area contributed by atoms with Gasteiger partial charge in [-0.05, 0) is 37.3 Å². The number of aromatic amines is 1. The maximum atomic E-state index is 12.4. The summed E-state index contributed by atoms with van der Waals surface area (Å²) in [5.74, 6) is 0.492. The molecule has 0 aliphatic rings. The quantitative estimate of drug-likeness (QED) is 0.578. The summed E-state index contributed by atoms with van der Waals surface area (Å²) in [6.07, 6.45) is 0.768. The molecule has 22 heavy (non-hydrogen) atoms. The number of hydrogen-bond acceptors (Lipinski definition) is 3. The Labute approximate surface area is 127 Å². The van der Waals surface area contributed by atoms with Crippen LogP contribution in [0, 0.1) is 6.92 Å². The average molecular weight is 293 g/mol. The number of carbonyl (C=O) groups excluding carboxylic acids is 2. The second-order valence-electron chi connectivity index (χ2n) is 5.07. The van der Waals surface area contributed by atoms with E-state index >= 15 is 0 Å². The van der Waals surface area contributed by atoms with E-state index in [1.54, 1.807) is 24.3 Å². The summed E-state index contributed by atoms with van der Waals surface area (Å²) in [6.45, 7) is 1.84. The van der Waals surface area contributed by atoms with Gasteiger partial charge in [-0.2, -0.15) is 0 Å². The minimum absolute atomic E-state index is 0.0386. The lowest BCUT2D eigenvalue weighted by Gasteiger charge is -2.06. The number of ether oxygens (including phenoxy) is 1. The van der Waals surface area contributed by atoms with E-state index in [0.717, 1.165) is 22.9 Å². The van der Waals surface area contributed by atoms with Crippen LogP contribution in [0.3, 0.4) is 0 Å². The predicted octanol–water partition coefficient (Wildman–Crippen LogP) is 3.55. The third-order valence-electron chi connectivity index (χ3n) is 3.56. The highest BCUT2D eigenvalue weighted by molar-refractivity contribution is 6.09. The minimum atomic E-state index is -0.0746. The summed E-state index contributed by atoms with van der Waals surface area (Å²) in [7, 11) is 0. The number of aryl methyl sites for hydroxylation is 1. The fourth-order valence-corrected chi connectivity index (χ4v) is 2.50. The molecule has 0 atom stereocenters. The molecule has 3 rings (SSSR count). The zero-order valence-electron chi connectivity index (χ0n) is 12.1. The average Bonchev–Trinajstić information content (AvgIpc) is 2.89. The first kappa shape index (κ1) is 14.1. The number of Topliss-reactive ketones (excluding diaryl/α,β-unsaturated/α-hetero) is 1. The number of fused-ring (bicyclic) bond motifs is 1. The standard InChI is InChI=1S/C18H15NO3/c1-12-18(15-4-2-3-5-16(15)19-12)17(21)11-22-14-8-6-13(10-20)7-9-14/h2-10,19H,11H2,1H3. The molecule has 2 aromatic carbocycles. The van der Waals surface area contributed by atoms with Crippen molar-refractivity contribution in [3.8, 4) is 5.75 Å². The van der Waals surface area contributed by atoms with Crippen LogP contribution in [0.4, 0.5) is 0 Å². The van der Waals surface area contributed by atoms with E-state index in [4.69, 9.17) is 4.74 Å². The van der Waals surface area contributed by atoms with Crippen molar-refractivity contribution in [2.45, 2.75) is 6.92 Å². The van der Waals surface area contributed by atoms with Gasteiger partial charge in [0.05, 0.1) is 0 Å². The number of H-pyrrole nitrogens is 1. The first-order chi connectivity index (χ1) is 10.7. The minimum Gasteiger partial charge on any atom is -0.485 e. The predicted molar refractivity (Wildman–Crippen MR) is 84.7 cm³/mol. The van der Waals surface area contributed by atoms with Crippen molar-refractivity contribution in [2.24, 2.45) is 0 Å². The van der Waals surface area contributed by atoms with Gasteiger partial charge in [0, 0.05) is 27.7 Å². The molecule has 0 spiro atoms. The van der Waals surface area contributed by atoms with Crippen LogP contribution >= 0.6 is 0 Å². The largest absolute Gasteiger partial charge is 0.485 e. The number of nitrogens with one attached hydrogen (secondary N) is 1. The molecule has 0 radical (unpaired) electrons. The molecule has 3 aromatic rings. The molecule has 0 saturated carbocycles. The zero-order valence-corrected chi connectivity index (χ0v) is 12.1. The first-order valence-electron chi connectivity index (χ1n) is 6.97. The van der Waals surface area contributed by atoms with Crippen LogP contribution in [-0.4, -0.2) is 23.7 Å². The van der Waals surface area contributed by atoms with E-state index in [1.165, 1.54) is 0 Å². The Balaban J connectivity index is 1.78. The maximum absolute atomic E-state index is 12.4. The van der Waals surface area contributed by atoms with Crippen molar-refractivity contribution in [3.05, 3.63) is 65.4 Å². The summed E-state index contributed by atoms with van der Waals surface area (Å²) in [5.41, 5.74) is 3.02. The third kappa shape index (κ3) is 2.63. The van der Waals surface area contributed by atoms with Gasteiger partial charge in [0.1, 0.15) is 12.0 Å². The lowest BCUT2D eigenvalue weighted by molar-refractivity contribution is 0.0922. The number of aromatic nitrogens is 1. The number of carbonyl (C=O) groups is 2. The number of para-hydroxylation sites is 1. The Morgan fingerprint density at radius 1 is 1.14 bits per heavy atom. The molecule has 0 unspecified atom stereocenters. The Morgan fingerprint density at radius 2 is 1.86 bits per heavy atom. The maximum Gasteiger partial charge on any atom is 0.202 e. The van der Waals surface area contributed by atoms with Crippen LogP contribution in [0.15, 0.2) is 48.5 Å². The molecule has 0 aliphatic heterocycles. The van der Waals surface area contributed by atoms with Crippen LogP contribution in [0.25, 0.3) is 10.9 Å². The van der Waals surface area contributed by atoms with E-state index in [9.17, 15) is 9.59 Å². The van der Waals surface area contributed by atoms with Crippen molar-refractivity contribution in [2.75, 3.05) is 6.61 Å². The molecule has 1 aromatic heterocycles. The molecule has 0 amide bonds. The first-order valence-corrected chi connectivity index (χ1v) is 6.97. The SMILES string of the molecule is Cc1[nH]c2ccccc2c1C(=O)COc1ccc(C=O)cc1. The van der Waals surface area contributed by atoms with Gasteiger partial charge < -0.3 is 9.72 Å². The molecule has 4 heteroatoms. The van der Waals surface area contributed by atoms with Gasteiger partial charge in [0.15, 0.2) is 6.61 Å². The van der Waals surface area contributed by atoms with E-state index in [0.29, 0.717) is 16.9 Å². The number of rotatable bonds is 5. The second kappa shape index (κ2) is 5.85. The van der Waals surface area contributed by atoms with Crippen molar-refractivity contribution < 1.29 is 14.3 Å². The van der Waals surface area contributed by atoms with Gasteiger partial charge in [-0.3, -0.25) is 9.59 Å². The van der Waals surface area contributed by atoms with Crippen molar-refractivity contribution in [3.63, 3.8) is 0 Å². The third-order valence-corrected chi connectivity index (χ3v) is 3.56. The summed E-state index contributed by atoms with van der Waals surface area (Å²) in [4.78, 5) is 26.2. The molecule has 4 nitrogen and oxygen atoms in total. The fourth-order valence-electron chi connectivity index (χ4n) is 2.50. The van der Waals surface area contributed by atoms with Crippen LogP contribution in [0.5, 0.6) is 5.75 Å². The number of hydrogen-bond donors (Lipinski definition) is 1. The molecule has 0 aliphatic carbocycles. The summed E-state index contributed by atoms with van der Waals surface area (Å²) in [5, 5.41) is 0.907. The molecule has 0 bridgehead atoms. The van der Waals surface area contributed by atoms with Gasteiger partial charge in [-0.1, -0.05) is 18.2 Å². The van der Waals surface area contributed by atoms with E-state index in [-0.39, 0.29) is 12.4 Å². The highest BCUT2D eigenvalue weighted by Gasteiger charge is 2.16. The van der Waals surface area contributed by atoms with Crippen molar-refractivity contribution >= 4 is 23.0 Å². The van der Waals surface area contributed by atoms with Crippen molar-refractivity contribution in [1.29, 1.82) is 0 Å². The Hall–Kier alpha value is -2.88. The van der Waals surface area contributed by atoms with Crippen LogP contribution < -0.4 is 4.74 Å². The zero-order chi connectivity index (χ0) is 15.5. The second-order valence-corrected chi connectivity index (χ2v) is 5.07. The van der Waals surface area contributed by atoms with E-state index in [2.05, 4.69) is 4.98 Å². The topological polar surface area (TPSA) is 59.2 Å². The van der Waals surface area contributed by atoms with Crippen LogP contribution in [0.1, 0.15) is 26.4 Å². The Kier molecular flexibility index (Phi) is 3.74. The number of aldehydes is 1. The molecule has 1 N–H and O–H groups in total. The lowest BCUT2D eigenvalue weighted by atomic mass is 10.1. The fraction of sp³-hybridized carbons (Fsp3) is 0.111.